The molecular formula is C16H21ClO. The summed E-state index contributed by atoms with van der Waals surface area (Å²) in [7, 11) is 0. The fourth-order valence-electron chi connectivity index (χ4n) is 2.95. The van der Waals surface area contributed by atoms with E-state index in [1.807, 2.05) is 0 Å². The molecule has 1 aromatic rings. The Hall–Kier alpha value is -0.820. The summed E-state index contributed by atoms with van der Waals surface area (Å²) in [5.41, 5.74) is 2.62. The van der Waals surface area contributed by atoms with E-state index < -0.39 is 0 Å². The van der Waals surface area contributed by atoms with Gasteiger partial charge >= 0.3 is 0 Å². The van der Waals surface area contributed by atoms with Crippen LogP contribution >= 0.6 is 11.6 Å². The van der Waals surface area contributed by atoms with Crippen molar-refractivity contribution in [3.8, 4) is 0 Å². The first kappa shape index (κ1) is 13.6. The molecule has 1 unspecified atom stereocenters. The predicted octanol–water partition coefficient (Wildman–Crippen LogP) is 4.71. The minimum absolute atomic E-state index is 0.0106. The number of carbonyl (C=O) groups excluding carboxylic acids is 1. The zero-order valence-corrected chi connectivity index (χ0v) is 12.3. The molecule has 0 aromatic heterocycles. The lowest BCUT2D eigenvalue weighted by Crippen LogP contribution is -1.96. The van der Waals surface area contributed by atoms with Crippen LogP contribution in [0.2, 0.25) is 0 Å². The summed E-state index contributed by atoms with van der Waals surface area (Å²) in [6.45, 7) is 8.67. The molecule has 0 N–H and O–H groups in total. The van der Waals surface area contributed by atoms with E-state index in [0.29, 0.717) is 5.92 Å². The number of carbonyl (C=O) groups is 1. The SMILES string of the molecule is CCC(C)c1ccc([C@@H]2[C@@H](C(=O)Cl)C2(C)C)cc1. The van der Waals surface area contributed by atoms with Crippen molar-refractivity contribution in [1.82, 2.24) is 0 Å². The zero-order valence-electron chi connectivity index (χ0n) is 11.5. The molecule has 0 heterocycles. The topological polar surface area (TPSA) is 17.1 Å². The van der Waals surface area contributed by atoms with Crippen LogP contribution in [0.3, 0.4) is 0 Å². The van der Waals surface area contributed by atoms with E-state index >= 15 is 0 Å². The fourth-order valence-corrected chi connectivity index (χ4v) is 3.36. The fraction of sp³-hybridized carbons (Fsp3) is 0.562. The van der Waals surface area contributed by atoms with Crippen LogP contribution in [0.15, 0.2) is 24.3 Å². The lowest BCUT2D eigenvalue weighted by molar-refractivity contribution is -0.113. The van der Waals surface area contributed by atoms with Crippen LogP contribution in [0, 0.1) is 11.3 Å². The average Bonchev–Trinajstić information content (AvgIpc) is 2.92. The minimum atomic E-state index is -0.198. The van der Waals surface area contributed by atoms with Crippen LogP contribution in [0.5, 0.6) is 0 Å². The highest BCUT2D eigenvalue weighted by Gasteiger charge is 2.61. The molecule has 1 aliphatic rings. The Morgan fingerprint density at radius 3 is 2.28 bits per heavy atom. The Bertz CT molecular complexity index is 447. The van der Waals surface area contributed by atoms with Crippen molar-refractivity contribution >= 4 is 16.8 Å². The molecule has 0 aliphatic heterocycles. The zero-order chi connectivity index (χ0) is 13.5. The van der Waals surface area contributed by atoms with E-state index in [2.05, 4.69) is 52.0 Å². The second-order valence-electron chi connectivity index (χ2n) is 6.06. The van der Waals surface area contributed by atoms with Crippen molar-refractivity contribution in [3.05, 3.63) is 35.4 Å². The van der Waals surface area contributed by atoms with Gasteiger partial charge in [0.2, 0.25) is 5.24 Å². The molecule has 1 aliphatic carbocycles. The van der Waals surface area contributed by atoms with Crippen LogP contribution in [-0.4, -0.2) is 5.24 Å². The summed E-state index contributed by atoms with van der Waals surface area (Å²) in [6.07, 6.45) is 1.15. The number of hydrogen-bond donors (Lipinski definition) is 0. The Labute approximate surface area is 115 Å². The summed E-state index contributed by atoms with van der Waals surface area (Å²) in [5.74, 6) is 0.860. The van der Waals surface area contributed by atoms with E-state index in [9.17, 15) is 4.79 Å². The molecule has 18 heavy (non-hydrogen) atoms. The third kappa shape index (κ3) is 2.21. The van der Waals surface area contributed by atoms with Gasteiger partial charge in [-0.25, -0.2) is 0 Å². The van der Waals surface area contributed by atoms with Gasteiger partial charge in [-0.3, -0.25) is 4.79 Å². The van der Waals surface area contributed by atoms with Gasteiger partial charge in [0.15, 0.2) is 0 Å². The monoisotopic (exact) mass is 264 g/mol. The first-order chi connectivity index (χ1) is 8.39. The van der Waals surface area contributed by atoms with Gasteiger partial charge in [-0.05, 0) is 40.5 Å². The van der Waals surface area contributed by atoms with Gasteiger partial charge in [-0.15, -0.1) is 0 Å². The lowest BCUT2D eigenvalue weighted by Gasteiger charge is -2.10. The van der Waals surface area contributed by atoms with Crippen LogP contribution in [0.1, 0.15) is 57.1 Å². The van der Waals surface area contributed by atoms with E-state index in [0.717, 1.165) is 6.42 Å². The van der Waals surface area contributed by atoms with Gasteiger partial charge in [0.1, 0.15) is 0 Å². The molecular weight excluding hydrogens is 244 g/mol. The van der Waals surface area contributed by atoms with Gasteiger partial charge in [0.05, 0.1) is 0 Å². The highest BCUT2D eigenvalue weighted by molar-refractivity contribution is 6.64. The summed E-state index contributed by atoms with van der Waals surface area (Å²) < 4.78 is 0. The molecule has 0 radical (unpaired) electrons. The molecule has 1 saturated carbocycles. The highest BCUT2D eigenvalue weighted by atomic mass is 35.5. The van der Waals surface area contributed by atoms with Gasteiger partial charge in [0.25, 0.3) is 0 Å². The molecule has 0 amide bonds. The van der Waals surface area contributed by atoms with Gasteiger partial charge in [0, 0.05) is 11.8 Å². The number of benzene rings is 1. The molecule has 3 atom stereocenters. The quantitative estimate of drug-likeness (QED) is 0.720. The Kier molecular flexibility index (Phi) is 3.55. The maximum atomic E-state index is 11.4. The van der Waals surface area contributed by atoms with E-state index in [1.165, 1.54) is 11.1 Å². The second kappa shape index (κ2) is 4.70. The first-order valence-electron chi connectivity index (χ1n) is 6.68. The lowest BCUT2D eigenvalue weighted by atomic mass is 9.95. The van der Waals surface area contributed by atoms with Gasteiger partial charge < -0.3 is 0 Å². The molecule has 1 fully saturated rings. The summed E-state index contributed by atoms with van der Waals surface area (Å²) >= 11 is 5.67. The van der Waals surface area contributed by atoms with Crippen LogP contribution < -0.4 is 0 Å². The number of halogens is 1. The largest absolute Gasteiger partial charge is 0.281 e. The third-order valence-corrected chi connectivity index (χ3v) is 4.78. The van der Waals surface area contributed by atoms with Gasteiger partial charge in [-0.2, -0.15) is 0 Å². The molecule has 1 nitrogen and oxygen atoms in total. The standard InChI is InChI=1S/C16H21ClO/c1-5-10(2)11-6-8-12(9-7-11)13-14(15(17)18)16(13,3)4/h6-10,13-14H,5H2,1-4H3/t10?,13-,14+/m1/s1. The van der Waals surface area contributed by atoms with Crippen molar-refractivity contribution in [2.45, 2.75) is 46.0 Å². The first-order valence-corrected chi connectivity index (χ1v) is 7.06. The van der Waals surface area contributed by atoms with Crippen molar-refractivity contribution in [3.63, 3.8) is 0 Å². The maximum Gasteiger partial charge on any atom is 0.225 e. The summed E-state index contributed by atoms with van der Waals surface area (Å²) in [5, 5.41) is -0.198. The Morgan fingerprint density at radius 1 is 1.33 bits per heavy atom. The summed E-state index contributed by atoms with van der Waals surface area (Å²) in [4.78, 5) is 11.4. The van der Waals surface area contributed by atoms with Crippen molar-refractivity contribution in [2.75, 3.05) is 0 Å². The molecule has 2 rings (SSSR count). The Balaban J connectivity index is 2.19. The smallest absolute Gasteiger partial charge is 0.225 e. The Morgan fingerprint density at radius 2 is 1.89 bits per heavy atom. The van der Waals surface area contributed by atoms with E-state index in [1.54, 1.807) is 0 Å². The van der Waals surface area contributed by atoms with E-state index in [-0.39, 0.29) is 22.5 Å². The highest BCUT2D eigenvalue weighted by Crippen LogP contribution is 2.65. The maximum absolute atomic E-state index is 11.4. The minimum Gasteiger partial charge on any atom is -0.281 e. The van der Waals surface area contributed by atoms with Crippen molar-refractivity contribution in [2.24, 2.45) is 11.3 Å². The number of rotatable bonds is 4. The van der Waals surface area contributed by atoms with Crippen LogP contribution in [-0.2, 0) is 4.79 Å². The van der Waals surface area contributed by atoms with Gasteiger partial charge in [-0.1, -0.05) is 52.0 Å². The average molecular weight is 265 g/mol. The van der Waals surface area contributed by atoms with E-state index in [4.69, 9.17) is 11.6 Å². The molecule has 1 aromatic carbocycles. The summed E-state index contributed by atoms with van der Waals surface area (Å²) in [6, 6.07) is 8.70. The molecule has 0 saturated heterocycles. The van der Waals surface area contributed by atoms with Crippen molar-refractivity contribution in [1.29, 1.82) is 0 Å². The second-order valence-corrected chi connectivity index (χ2v) is 6.43. The molecule has 0 spiro atoms. The predicted molar refractivity (Wildman–Crippen MR) is 76.0 cm³/mol. The van der Waals surface area contributed by atoms with Crippen LogP contribution in [0.4, 0.5) is 0 Å². The third-order valence-electron chi connectivity index (χ3n) is 4.55. The van der Waals surface area contributed by atoms with Crippen LogP contribution in [0.25, 0.3) is 0 Å². The molecule has 2 heteroatoms. The van der Waals surface area contributed by atoms with Crippen molar-refractivity contribution < 1.29 is 4.79 Å². The molecule has 0 bridgehead atoms. The normalized spacial score (nSPS) is 26.7. The number of hydrogen-bond acceptors (Lipinski definition) is 1. The molecule has 98 valence electrons.